The molecule has 1 aromatic heterocycles. The Kier molecular flexibility index (Phi) is 4.54. The molecule has 0 saturated carbocycles. The smallest absolute Gasteiger partial charge is 0.254 e. The minimum Gasteiger partial charge on any atom is -0.318 e. The van der Waals surface area contributed by atoms with E-state index in [1.807, 2.05) is 0 Å². The number of sulfonamides is 1. The summed E-state index contributed by atoms with van der Waals surface area (Å²) in [6, 6.07) is 8.48. The minimum absolute atomic E-state index is 0.0724. The van der Waals surface area contributed by atoms with Crippen LogP contribution in [0.1, 0.15) is 11.1 Å². The quantitative estimate of drug-likeness (QED) is 0.900. The largest absolute Gasteiger partial charge is 0.318 e. The summed E-state index contributed by atoms with van der Waals surface area (Å²) >= 11 is 0. The van der Waals surface area contributed by atoms with Crippen LogP contribution in [0.5, 0.6) is 0 Å². The lowest BCUT2D eigenvalue weighted by Crippen LogP contribution is -2.29. The van der Waals surface area contributed by atoms with E-state index in [4.69, 9.17) is 0 Å². The maximum atomic E-state index is 12.8. The van der Waals surface area contributed by atoms with Gasteiger partial charge in [-0.3, -0.25) is 4.79 Å². The second kappa shape index (κ2) is 6.19. The summed E-state index contributed by atoms with van der Waals surface area (Å²) in [5.41, 5.74) is 0.592. The third kappa shape index (κ3) is 4.24. The zero-order valence-electron chi connectivity index (χ0n) is 11.4. The van der Waals surface area contributed by atoms with Crippen molar-refractivity contribution >= 4 is 10.0 Å². The summed E-state index contributed by atoms with van der Waals surface area (Å²) in [6.45, 7) is -0.0724. The monoisotopic (exact) mass is 310 g/mol. The Hall–Kier alpha value is -1.99. The first-order valence-electron chi connectivity index (χ1n) is 6.24. The Balaban J connectivity index is 2.06. The minimum atomic E-state index is -3.60. The second-order valence-electron chi connectivity index (χ2n) is 4.66. The van der Waals surface area contributed by atoms with E-state index >= 15 is 0 Å². The van der Waals surface area contributed by atoms with Crippen LogP contribution in [0.2, 0.25) is 0 Å². The molecule has 0 aliphatic rings. The van der Waals surface area contributed by atoms with Gasteiger partial charge in [0.2, 0.25) is 10.0 Å². The Labute approximate surface area is 122 Å². The first-order chi connectivity index (χ1) is 9.87. The predicted molar refractivity (Wildman–Crippen MR) is 77.5 cm³/mol. The molecular weight excluding hydrogens is 295 g/mol. The van der Waals surface area contributed by atoms with Crippen molar-refractivity contribution in [3.8, 4) is 0 Å². The van der Waals surface area contributed by atoms with Gasteiger partial charge in [-0.25, -0.2) is 17.5 Å². The van der Waals surface area contributed by atoms with Gasteiger partial charge >= 0.3 is 0 Å². The van der Waals surface area contributed by atoms with Crippen LogP contribution in [0.15, 0.2) is 47.4 Å². The molecule has 1 aromatic carbocycles. The molecule has 0 aliphatic carbocycles. The summed E-state index contributed by atoms with van der Waals surface area (Å²) < 4.78 is 40.4. The summed E-state index contributed by atoms with van der Waals surface area (Å²) in [5.74, 6) is -0.683. The van der Waals surface area contributed by atoms with E-state index < -0.39 is 15.8 Å². The first-order valence-corrected chi connectivity index (χ1v) is 7.89. The van der Waals surface area contributed by atoms with Crippen LogP contribution in [-0.2, 0) is 29.4 Å². The summed E-state index contributed by atoms with van der Waals surface area (Å²) in [4.78, 5) is 11.8. The van der Waals surface area contributed by atoms with Gasteiger partial charge in [-0.05, 0) is 23.8 Å². The van der Waals surface area contributed by atoms with Crippen LogP contribution in [0, 0.1) is 5.82 Å². The third-order valence-corrected chi connectivity index (χ3v) is 4.25. The number of halogens is 1. The van der Waals surface area contributed by atoms with Gasteiger partial charge in [-0.15, -0.1) is 0 Å². The van der Waals surface area contributed by atoms with Crippen molar-refractivity contribution in [2.45, 2.75) is 12.3 Å². The molecule has 2 rings (SSSR count). The first kappa shape index (κ1) is 15.4. The van der Waals surface area contributed by atoms with Gasteiger partial charge in [0.25, 0.3) is 5.56 Å². The average molecular weight is 310 g/mol. The number of hydrogen-bond donors (Lipinski definition) is 1. The van der Waals surface area contributed by atoms with Crippen LogP contribution >= 0.6 is 0 Å². The lowest BCUT2D eigenvalue weighted by atomic mass is 10.2. The highest BCUT2D eigenvalue weighted by Gasteiger charge is 2.12. The van der Waals surface area contributed by atoms with Gasteiger partial charge in [0.15, 0.2) is 0 Å². The SMILES string of the molecule is Cn1cccc(CNS(=O)(=O)Cc2ccc(F)cc2)c1=O. The average Bonchev–Trinajstić information content (AvgIpc) is 2.43. The molecule has 0 amide bonds. The van der Waals surface area contributed by atoms with Gasteiger partial charge in [-0.2, -0.15) is 0 Å². The van der Waals surface area contributed by atoms with E-state index in [-0.39, 0.29) is 17.9 Å². The molecule has 1 N–H and O–H groups in total. The number of rotatable bonds is 5. The molecular formula is C14H15FN2O3S. The standard InChI is InChI=1S/C14H15FN2O3S/c1-17-8-2-3-12(14(17)18)9-16-21(19,20)10-11-4-6-13(15)7-5-11/h2-8,16H,9-10H2,1H3. The number of nitrogens with one attached hydrogen (secondary N) is 1. The Morgan fingerprint density at radius 3 is 2.52 bits per heavy atom. The summed E-state index contributed by atoms with van der Waals surface area (Å²) in [7, 11) is -2.00. The van der Waals surface area contributed by atoms with E-state index in [1.165, 1.54) is 28.8 Å². The van der Waals surface area contributed by atoms with E-state index in [2.05, 4.69) is 4.72 Å². The van der Waals surface area contributed by atoms with E-state index in [9.17, 15) is 17.6 Å². The van der Waals surface area contributed by atoms with Crippen molar-refractivity contribution in [2.24, 2.45) is 7.05 Å². The van der Waals surface area contributed by atoms with E-state index in [0.717, 1.165) is 0 Å². The van der Waals surface area contributed by atoms with Crippen molar-refractivity contribution in [3.05, 3.63) is 69.9 Å². The molecule has 0 aliphatic heterocycles. The van der Waals surface area contributed by atoms with Crippen LogP contribution in [0.4, 0.5) is 4.39 Å². The van der Waals surface area contributed by atoms with Crippen LogP contribution < -0.4 is 10.3 Å². The lowest BCUT2D eigenvalue weighted by molar-refractivity contribution is 0.579. The van der Waals surface area contributed by atoms with Gasteiger partial charge in [0.05, 0.1) is 5.75 Å². The molecule has 0 unspecified atom stereocenters. The molecule has 2 aromatic rings. The normalized spacial score (nSPS) is 11.5. The van der Waals surface area contributed by atoms with Crippen molar-refractivity contribution in [1.82, 2.24) is 9.29 Å². The highest BCUT2D eigenvalue weighted by atomic mass is 32.2. The van der Waals surface area contributed by atoms with Gasteiger partial charge in [0, 0.05) is 25.4 Å². The van der Waals surface area contributed by atoms with Crippen molar-refractivity contribution in [1.29, 1.82) is 0 Å². The molecule has 7 heteroatoms. The predicted octanol–water partition coefficient (Wildman–Crippen LogP) is 1.14. The maximum Gasteiger partial charge on any atom is 0.254 e. The molecule has 0 saturated heterocycles. The molecule has 1 heterocycles. The molecule has 0 spiro atoms. The van der Waals surface area contributed by atoms with Crippen molar-refractivity contribution in [2.75, 3.05) is 0 Å². The third-order valence-electron chi connectivity index (χ3n) is 2.95. The zero-order chi connectivity index (χ0) is 15.5. The zero-order valence-corrected chi connectivity index (χ0v) is 12.2. The Bertz CT molecular complexity index is 783. The Morgan fingerprint density at radius 1 is 1.19 bits per heavy atom. The number of nitrogens with zero attached hydrogens (tertiary/aromatic N) is 1. The lowest BCUT2D eigenvalue weighted by Gasteiger charge is -2.07. The number of pyridine rings is 1. The number of hydrogen-bond acceptors (Lipinski definition) is 3. The topological polar surface area (TPSA) is 68.2 Å². The van der Waals surface area contributed by atoms with Crippen LogP contribution in [0.3, 0.4) is 0 Å². The molecule has 0 atom stereocenters. The maximum absolute atomic E-state index is 12.8. The molecule has 0 bridgehead atoms. The fraction of sp³-hybridized carbons (Fsp3) is 0.214. The molecule has 5 nitrogen and oxygen atoms in total. The van der Waals surface area contributed by atoms with Crippen LogP contribution in [0.25, 0.3) is 0 Å². The summed E-state index contributed by atoms with van der Waals surface area (Å²) in [5, 5.41) is 0. The molecule has 0 fully saturated rings. The number of aromatic nitrogens is 1. The van der Waals surface area contributed by atoms with Gasteiger partial charge < -0.3 is 4.57 Å². The Morgan fingerprint density at radius 2 is 1.86 bits per heavy atom. The fourth-order valence-electron chi connectivity index (χ4n) is 1.83. The van der Waals surface area contributed by atoms with Crippen molar-refractivity contribution in [3.63, 3.8) is 0 Å². The molecule has 21 heavy (non-hydrogen) atoms. The van der Waals surface area contributed by atoms with Crippen molar-refractivity contribution < 1.29 is 12.8 Å². The molecule has 112 valence electrons. The van der Waals surface area contributed by atoms with Gasteiger partial charge in [-0.1, -0.05) is 18.2 Å². The fourth-order valence-corrected chi connectivity index (χ4v) is 2.94. The molecule has 0 radical (unpaired) electrons. The highest BCUT2D eigenvalue weighted by molar-refractivity contribution is 7.88. The second-order valence-corrected chi connectivity index (χ2v) is 6.46. The number of benzene rings is 1. The highest BCUT2D eigenvalue weighted by Crippen LogP contribution is 2.07. The van der Waals surface area contributed by atoms with E-state index in [0.29, 0.717) is 11.1 Å². The van der Waals surface area contributed by atoms with E-state index in [1.54, 1.807) is 25.4 Å². The summed E-state index contributed by atoms with van der Waals surface area (Å²) in [6.07, 6.45) is 1.60. The van der Waals surface area contributed by atoms with Crippen LogP contribution in [-0.4, -0.2) is 13.0 Å². The number of aryl methyl sites for hydroxylation is 1. The van der Waals surface area contributed by atoms with Gasteiger partial charge in [0.1, 0.15) is 5.82 Å².